The number of carbonyl (C=O) groups excluding carboxylic acids is 1. The molecule has 0 spiro atoms. The maximum atomic E-state index is 13.0. The average Bonchev–Trinajstić information content (AvgIpc) is 3.32. The van der Waals surface area contributed by atoms with Gasteiger partial charge in [0.25, 0.3) is 5.91 Å². The molecular formula is C30H36N4O5. The number of rotatable bonds is 8. The van der Waals surface area contributed by atoms with Gasteiger partial charge in [0.15, 0.2) is 6.29 Å². The summed E-state index contributed by atoms with van der Waals surface area (Å²) in [4.78, 5) is 15.3. The summed E-state index contributed by atoms with van der Waals surface area (Å²) < 4.78 is 7.17. The van der Waals surface area contributed by atoms with Gasteiger partial charge in [0.05, 0.1) is 18.8 Å². The van der Waals surface area contributed by atoms with Crippen molar-refractivity contribution < 1.29 is 24.9 Å². The van der Waals surface area contributed by atoms with Crippen LogP contribution in [0.4, 0.5) is 5.69 Å². The molecule has 1 aliphatic heterocycles. The fraction of sp³-hybridized carbons (Fsp3) is 0.400. The van der Waals surface area contributed by atoms with Crippen LogP contribution < -0.4 is 10.2 Å². The van der Waals surface area contributed by atoms with Gasteiger partial charge in [0, 0.05) is 43.6 Å². The fourth-order valence-electron chi connectivity index (χ4n) is 5.24. The lowest BCUT2D eigenvalue weighted by Gasteiger charge is -2.36. The Bertz CT molecular complexity index is 1410. The van der Waals surface area contributed by atoms with Crippen LogP contribution in [-0.2, 0) is 16.6 Å². The molecule has 1 aliphatic rings. The standard InChI is InChI=1S/C30H36N4O5/c1-5-34(6-2)22-10-9-19-13-21(8-7-20(19)14-22)26-12-11-25(33(26)4)18(3)24(16-31)29(37)32-28-27(36)15-23(17-35)39-30(28)38/h7-14,23,27-28,30,35-36,38H,5-6,15,17H2,1-4H3,(H,32,37)/b24-18+. The van der Waals surface area contributed by atoms with E-state index in [1.165, 1.54) is 5.69 Å². The van der Waals surface area contributed by atoms with Gasteiger partial charge in [0.1, 0.15) is 17.7 Å². The summed E-state index contributed by atoms with van der Waals surface area (Å²) in [7, 11) is 1.88. The number of nitrogens with one attached hydrogen (secondary N) is 1. The molecule has 0 saturated carbocycles. The number of hydrogen-bond donors (Lipinski definition) is 4. The number of fused-ring (bicyclic) bond motifs is 1. The minimum absolute atomic E-state index is 0.0484. The number of anilines is 1. The van der Waals surface area contributed by atoms with Crippen LogP contribution in [0.25, 0.3) is 27.6 Å². The zero-order valence-electron chi connectivity index (χ0n) is 22.8. The zero-order chi connectivity index (χ0) is 28.3. The molecule has 4 unspecified atom stereocenters. The molecule has 2 heterocycles. The smallest absolute Gasteiger partial charge is 0.262 e. The van der Waals surface area contributed by atoms with E-state index in [9.17, 15) is 25.4 Å². The second kappa shape index (κ2) is 12.0. The second-order valence-corrected chi connectivity index (χ2v) is 9.83. The number of aliphatic hydroxyl groups excluding tert-OH is 3. The number of amides is 1. The highest BCUT2D eigenvalue weighted by atomic mass is 16.6. The van der Waals surface area contributed by atoms with Crippen molar-refractivity contribution in [3.8, 4) is 17.3 Å². The van der Waals surface area contributed by atoms with Crippen LogP contribution >= 0.6 is 0 Å². The third kappa shape index (κ3) is 5.70. The summed E-state index contributed by atoms with van der Waals surface area (Å²) in [6, 6.07) is 17.4. The first kappa shape index (κ1) is 28.3. The summed E-state index contributed by atoms with van der Waals surface area (Å²) >= 11 is 0. The third-order valence-corrected chi connectivity index (χ3v) is 7.53. The number of allylic oxidation sites excluding steroid dienone is 1. The molecule has 3 aromatic rings. The van der Waals surface area contributed by atoms with Crippen molar-refractivity contribution in [1.29, 1.82) is 5.26 Å². The Hall–Kier alpha value is -3.68. The Morgan fingerprint density at radius 1 is 1.13 bits per heavy atom. The van der Waals surface area contributed by atoms with Crippen LogP contribution in [0.15, 0.2) is 54.1 Å². The summed E-state index contributed by atoms with van der Waals surface area (Å²) in [5, 5.41) is 44.4. The van der Waals surface area contributed by atoms with Crippen LogP contribution in [-0.4, -0.2) is 70.0 Å². The number of aliphatic hydroxyl groups is 3. The third-order valence-electron chi connectivity index (χ3n) is 7.53. The summed E-state index contributed by atoms with van der Waals surface area (Å²) in [5.74, 6) is -0.721. The van der Waals surface area contributed by atoms with Crippen molar-refractivity contribution in [2.45, 2.75) is 51.7 Å². The largest absolute Gasteiger partial charge is 0.394 e. The normalized spacial score (nSPS) is 21.8. The predicted octanol–water partition coefficient (Wildman–Crippen LogP) is 2.93. The second-order valence-electron chi connectivity index (χ2n) is 9.83. The van der Waals surface area contributed by atoms with E-state index in [-0.39, 0.29) is 18.6 Å². The monoisotopic (exact) mass is 532 g/mol. The molecule has 9 heteroatoms. The van der Waals surface area contributed by atoms with E-state index in [2.05, 4.69) is 60.5 Å². The molecule has 9 nitrogen and oxygen atoms in total. The van der Waals surface area contributed by atoms with Gasteiger partial charge >= 0.3 is 0 Å². The van der Waals surface area contributed by atoms with E-state index in [0.29, 0.717) is 11.3 Å². The van der Waals surface area contributed by atoms with Gasteiger partial charge < -0.3 is 34.8 Å². The van der Waals surface area contributed by atoms with Gasteiger partial charge in [-0.15, -0.1) is 0 Å². The lowest BCUT2D eigenvalue weighted by Crippen LogP contribution is -2.57. The van der Waals surface area contributed by atoms with Crippen molar-refractivity contribution in [3.05, 3.63) is 59.8 Å². The van der Waals surface area contributed by atoms with Crippen molar-refractivity contribution in [3.63, 3.8) is 0 Å². The first-order valence-electron chi connectivity index (χ1n) is 13.2. The van der Waals surface area contributed by atoms with E-state index >= 15 is 0 Å². The predicted molar refractivity (Wildman–Crippen MR) is 151 cm³/mol. The molecule has 1 saturated heterocycles. The molecule has 39 heavy (non-hydrogen) atoms. The maximum Gasteiger partial charge on any atom is 0.262 e. The van der Waals surface area contributed by atoms with Crippen molar-refractivity contribution >= 4 is 27.9 Å². The molecular weight excluding hydrogens is 496 g/mol. The average molecular weight is 533 g/mol. The summed E-state index contributed by atoms with van der Waals surface area (Å²) in [5.41, 5.74) is 4.15. The van der Waals surface area contributed by atoms with Crippen LogP contribution in [0.5, 0.6) is 0 Å². The number of nitrogens with zero attached hydrogens (tertiary/aromatic N) is 3. The van der Waals surface area contributed by atoms with E-state index in [1.807, 2.05) is 29.8 Å². The molecule has 1 amide bonds. The number of ether oxygens (including phenoxy) is 1. The van der Waals surface area contributed by atoms with E-state index in [0.717, 1.165) is 35.1 Å². The minimum Gasteiger partial charge on any atom is -0.394 e. The highest BCUT2D eigenvalue weighted by Gasteiger charge is 2.38. The first-order chi connectivity index (χ1) is 18.7. The van der Waals surface area contributed by atoms with Gasteiger partial charge in [0.2, 0.25) is 0 Å². The number of hydrogen-bond acceptors (Lipinski definition) is 7. The van der Waals surface area contributed by atoms with Crippen LogP contribution in [0, 0.1) is 11.3 Å². The van der Waals surface area contributed by atoms with Crippen LogP contribution in [0.3, 0.4) is 0 Å². The van der Waals surface area contributed by atoms with E-state index in [4.69, 9.17) is 4.74 Å². The molecule has 4 atom stereocenters. The topological polar surface area (TPSA) is 131 Å². The highest BCUT2D eigenvalue weighted by molar-refractivity contribution is 6.04. The van der Waals surface area contributed by atoms with Crippen LogP contribution in [0.2, 0.25) is 0 Å². The van der Waals surface area contributed by atoms with Gasteiger partial charge in [-0.3, -0.25) is 4.79 Å². The molecule has 1 fully saturated rings. The van der Waals surface area contributed by atoms with Crippen LogP contribution in [0.1, 0.15) is 32.9 Å². The molecule has 4 rings (SSSR count). The molecule has 0 bridgehead atoms. The fourth-order valence-corrected chi connectivity index (χ4v) is 5.24. The van der Waals surface area contributed by atoms with Gasteiger partial charge in [-0.05, 0) is 73.0 Å². The Morgan fingerprint density at radius 2 is 1.82 bits per heavy atom. The summed E-state index contributed by atoms with van der Waals surface area (Å²) in [6.07, 6.45) is -3.31. The molecule has 0 aliphatic carbocycles. The minimum atomic E-state index is -1.51. The maximum absolute atomic E-state index is 13.0. The van der Waals surface area contributed by atoms with Gasteiger partial charge in [-0.2, -0.15) is 5.26 Å². The quantitative estimate of drug-likeness (QED) is 0.259. The van der Waals surface area contributed by atoms with Gasteiger partial charge in [-0.1, -0.05) is 18.2 Å². The highest BCUT2D eigenvalue weighted by Crippen LogP contribution is 2.31. The molecule has 206 valence electrons. The SMILES string of the molecule is CCN(CC)c1ccc2cc(-c3ccc(/C(C)=C(\C#N)C(=O)NC4C(O)CC(CO)OC4O)n3C)ccc2c1. The van der Waals surface area contributed by atoms with Gasteiger partial charge in [-0.25, -0.2) is 0 Å². The summed E-state index contributed by atoms with van der Waals surface area (Å²) in [6.45, 7) is 7.51. The Kier molecular flexibility index (Phi) is 8.73. The molecule has 1 aromatic heterocycles. The van der Waals surface area contributed by atoms with Crippen molar-refractivity contribution in [2.24, 2.45) is 7.05 Å². The Labute approximate surface area is 228 Å². The van der Waals surface area contributed by atoms with E-state index in [1.54, 1.807) is 6.92 Å². The zero-order valence-corrected chi connectivity index (χ0v) is 22.8. The number of aromatic nitrogens is 1. The molecule has 0 radical (unpaired) electrons. The number of nitriles is 1. The first-order valence-corrected chi connectivity index (χ1v) is 13.2. The molecule has 2 aromatic carbocycles. The van der Waals surface area contributed by atoms with Crippen molar-refractivity contribution in [2.75, 3.05) is 24.6 Å². The lowest BCUT2D eigenvalue weighted by atomic mass is 9.99. The Balaban J connectivity index is 1.60. The number of carbonyl (C=O) groups is 1. The lowest BCUT2D eigenvalue weighted by molar-refractivity contribution is -0.214. The number of benzene rings is 2. The molecule has 4 N–H and O–H groups in total. The Morgan fingerprint density at radius 3 is 2.46 bits per heavy atom. The van der Waals surface area contributed by atoms with Crippen molar-refractivity contribution in [1.82, 2.24) is 9.88 Å². The van der Waals surface area contributed by atoms with E-state index < -0.39 is 30.4 Å².